The lowest BCUT2D eigenvalue weighted by atomic mass is 10.2. The summed E-state index contributed by atoms with van der Waals surface area (Å²) in [4.78, 5) is 0. The maximum absolute atomic E-state index is 3.65. The van der Waals surface area contributed by atoms with Crippen molar-refractivity contribution in [2.45, 2.75) is 37.5 Å². The molecule has 1 nitrogen and oxygen atoms in total. The summed E-state index contributed by atoms with van der Waals surface area (Å²) in [6.45, 7) is 1.17. The zero-order valence-electron chi connectivity index (χ0n) is 9.82. The summed E-state index contributed by atoms with van der Waals surface area (Å²) < 4.78 is 0. The van der Waals surface area contributed by atoms with Crippen LogP contribution >= 0.6 is 11.8 Å². The molecule has 0 bridgehead atoms. The Hall–Kier alpha value is -0.470. The van der Waals surface area contributed by atoms with Crippen LogP contribution in [0.2, 0.25) is 0 Å². The van der Waals surface area contributed by atoms with E-state index in [0.717, 1.165) is 11.8 Å². The van der Waals surface area contributed by atoms with Gasteiger partial charge in [-0.3, -0.25) is 0 Å². The lowest BCUT2D eigenvalue weighted by Gasteiger charge is -2.11. The number of thioether (sulfide) groups is 1. The standard InChI is InChI=1S/C14H21NS/c1-2-6-13(7-3-1)12-16-11-10-15-14-8-4-5-9-14/h1-3,6-7,14-15H,4-5,8-12H2. The van der Waals surface area contributed by atoms with E-state index in [2.05, 4.69) is 35.6 Å². The third-order valence-electron chi connectivity index (χ3n) is 3.15. The Kier molecular flexibility index (Phi) is 5.23. The minimum Gasteiger partial charge on any atom is -0.313 e. The van der Waals surface area contributed by atoms with Crippen LogP contribution in [0.4, 0.5) is 0 Å². The molecule has 1 fully saturated rings. The van der Waals surface area contributed by atoms with Gasteiger partial charge in [0.1, 0.15) is 0 Å². The molecule has 0 radical (unpaired) electrons. The zero-order chi connectivity index (χ0) is 11.1. The molecule has 0 atom stereocenters. The van der Waals surface area contributed by atoms with Crippen molar-refractivity contribution >= 4 is 11.8 Å². The Morgan fingerprint density at radius 3 is 2.62 bits per heavy atom. The molecule has 2 heteroatoms. The van der Waals surface area contributed by atoms with Crippen LogP contribution in [-0.4, -0.2) is 18.3 Å². The topological polar surface area (TPSA) is 12.0 Å². The average molecular weight is 235 g/mol. The maximum Gasteiger partial charge on any atom is 0.0185 e. The van der Waals surface area contributed by atoms with E-state index >= 15 is 0 Å². The predicted octanol–water partition coefficient (Wildman–Crippen LogP) is 3.45. The Labute approximate surface area is 103 Å². The fourth-order valence-electron chi connectivity index (χ4n) is 2.23. The van der Waals surface area contributed by atoms with E-state index in [0.29, 0.717) is 0 Å². The molecule has 1 aromatic carbocycles. The van der Waals surface area contributed by atoms with Crippen molar-refractivity contribution < 1.29 is 0 Å². The summed E-state index contributed by atoms with van der Waals surface area (Å²) in [7, 11) is 0. The average Bonchev–Trinajstić information content (AvgIpc) is 2.83. The number of hydrogen-bond donors (Lipinski definition) is 1. The van der Waals surface area contributed by atoms with Crippen LogP contribution in [0.15, 0.2) is 30.3 Å². The van der Waals surface area contributed by atoms with Gasteiger partial charge in [0.05, 0.1) is 0 Å². The number of rotatable bonds is 6. The molecule has 0 aliphatic heterocycles. The molecule has 0 spiro atoms. The van der Waals surface area contributed by atoms with Crippen molar-refractivity contribution in [3.63, 3.8) is 0 Å². The number of benzene rings is 1. The van der Waals surface area contributed by atoms with Gasteiger partial charge >= 0.3 is 0 Å². The van der Waals surface area contributed by atoms with E-state index in [1.807, 2.05) is 11.8 Å². The minimum absolute atomic E-state index is 0.817. The Morgan fingerprint density at radius 1 is 1.12 bits per heavy atom. The molecule has 0 heterocycles. The van der Waals surface area contributed by atoms with Crippen molar-refractivity contribution in [2.24, 2.45) is 0 Å². The van der Waals surface area contributed by atoms with E-state index < -0.39 is 0 Å². The van der Waals surface area contributed by atoms with Crippen LogP contribution in [0.5, 0.6) is 0 Å². The summed E-state index contributed by atoms with van der Waals surface area (Å²) >= 11 is 2.03. The van der Waals surface area contributed by atoms with Crippen molar-refractivity contribution in [3.8, 4) is 0 Å². The second-order valence-corrected chi connectivity index (χ2v) is 5.58. The number of nitrogens with one attached hydrogen (secondary N) is 1. The molecule has 1 N–H and O–H groups in total. The van der Waals surface area contributed by atoms with Crippen LogP contribution in [0.25, 0.3) is 0 Å². The van der Waals surface area contributed by atoms with Crippen molar-refractivity contribution in [2.75, 3.05) is 12.3 Å². The molecule has 1 saturated carbocycles. The largest absolute Gasteiger partial charge is 0.313 e. The van der Waals surface area contributed by atoms with E-state index in [4.69, 9.17) is 0 Å². The van der Waals surface area contributed by atoms with Crippen molar-refractivity contribution in [1.29, 1.82) is 0 Å². The van der Waals surface area contributed by atoms with E-state index in [1.54, 1.807) is 0 Å². The zero-order valence-corrected chi connectivity index (χ0v) is 10.6. The summed E-state index contributed by atoms with van der Waals surface area (Å²) in [5.41, 5.74) is 1.44. The van der Waals surface area contributed by atoms with Gasteiger partial charge in [0.2, 0.25) is 0 Å². The second kappa shape index (κ2) is 6.97. The first-order chi connectivity index (χ1) is 7.95. The Balaban J connectivity index is 1.52. The van der Waals surface area contributed by atoms with Gasteiger partial charge in [-0.2, -0.15) is 11.8 Å². The SMILES string of the molecule is c1ccc(CSCCNC2CCCC2)cc1. The predicted molar refractivity (Wildman–Crippen MR) is 72.9 cm³/mol. The van der Waals surface area contributed by atoms with E-state index in [-0.39, 0.29) is 0 Å². The van der Waals surface area contributed by atoms with Gasteiger partial charge in [-0.05, 0) is 18.4 Å². The lowest BCUT2D eigenvalue weighted by Crippen LogP contribution is -2.28. The van der Waals surface area contributed by atoms with Crippen LogP contribution in [0, 0.1) is 0 Å². The molecule has 0 unspecified atom stereocenters. The molecule has 1 aromatic rings. The van der Waals surface area contributed by atoms with Crippen LogP contribution in [-0.2, 0) is 5.75 Å². The molecule has 0 amide bonds. The first-order valence-corrected chi connectivity index (χ1v) is 7.46. The van der Waals surface area contributed by atoms with Gasteiger partial charge in [-0.15, -0.1) is 0 Å². The van der Waals surface area contributed by atoms with Gasteiger partial charge in [-0.25, -0.2) is 0 Å². The van der Waals surface area contributed by atoms with Crippen molar-refractivity contribution in [1.82, 2.24) is 5.32 Å². The molecular formula is C14H21NS. The quantitative estimate of drug-likeness (QED) is 0.758. The van der Waals surface area contributed by atoms with Crippen LogP contribution < -0.4 is 5.32 Å². The third-order valence-corrected chi connectivity index (χ3v) is 4.18. The lowest BCUT2D eigenvalue weighted by molar-refractivity contribution is 0.545. The van der Waals surface area contributed by atoms with Gasteiger partial charge in [-0.1, -0.05) is 43.2 Å². The summed E-state index contributed by atoms with van der Waals surface area (Å²) in [5, 5.41) is 3.65. The maximum atomic E-state index is 3.65. The smallest absolute Gasteiger partial charge is 0.0185 e. The van der Waals surface area contributed by atoms with Crippen LogP contribution in [0.3, 0.4) is 0 Å². The molecule has 2 rings (SSSR count). The van der Waals surface area contributed by atoms with Gasteiger partial charge < -0.3 is 5.32 Å². The highest BCUT2D eigenvalue weighted by Gasteiger charge is 2.12. The second-order valence-electron chi connectivity index (χ2n) is 4.47. The molecule has 0 aromatic heterocycles. The number of hydrogen-bond acceptors (Lipinski definition) is 2. The fraction of sp³-hybridized carbons (Fsp3) is 0.571. The molecule has 1 aliphatic carbocycles. The highest BCUT2D eigenvalue weighted by molar-refractivity contribution is 7.98. The monoisotopic (exact) mass is 235 g/mol. The molecule has 16 heavy (non-hydrogen) atoms. The van der Waals surface area contributed by atoms with Gasteiger partial charge in [0.25, 0.3) is 0 Å². The first kappa shape index (κ1) is 12.0. The highest BCUT2D eigenvalue weighted by atomic mass is 32.2. The molecular weight excluding hydrogens is 214 g/mol. The first-order valence-electron chi connectivity index (χ1n) is 6.30. The third kappa shape index (κ3) is 4.18. The van der Waals surface area contributed by atoms with Gasteiger partial charge in [0, 0.05) is 24.1 Å². The summed E-state index contributed by atoms with van der Waals surface area (Å²) in [5.74, 6) is 2.37. The van der Waals surface area contributed by atoms with E-state index in [1.165, 1.54) is 43.5 Å². The van der Waals surface area contributed by atoms with Crippen LogP contribution in [0.1, 0.15) is 31.2 Å². The Morgan fingerprint density at radius 2 is 1.88 bits per heavy atom. The highest BCUT2D eigenvalue weighted by Crippen LogP contribution is 2.17. The van der Waals surface area contributed by atoms with Gasteiger partial charge in [0.15, 0.2) is 0 Å². The normalized spacial score (nSPS) is 16.8. The molecule has 88 valence electrons. The Bertz CT molecular complexity index is 280. The fourth-order valence-corrected chi connectivity index (χ4v) is 3.06. The summed E-state index contributed by atoms with van der Waals surface area (Å²) in [6, 6.07) is 11.5. The minimum atomic E-state index is 0.817. The summed E-state index contributed by atoms with van der Waals surface area (Å²) in [6.07, 6.45) is 5.64. The van der Waals surface area contributed by atoms with E-state index in [9.17, 15) is 0 Å². The van der Waals surface area contributed by atoms with Crippen molar-refractivity contribution in [3.05, 3.63) is 35.9 Å². The molecule has 1 aliphatic rings. The molecule has 0 saturated heterocycles.